The van der Waals surface area contributed by atoms with E-state index in [0.29, 0.717) is 11.3 Å². The van der Waals surface area contributed by atoms with Crippen LogP contribution < -0.4 is 10.5 Å². The first-order valence-electron chi connectivity index (χ1n) is 5.28. The average Bonchev–Trinajstić information content (AvgIpc) is 2.97. The number of rotatable bonds is 5. The van der Waals surface area contributed by atoms with Crippen molar-refractivity contribution >= 4 is 28.9 Å². The third-order valence-corrected chi connectivity index (χ3v) is 4.28. The molecule has 0 fully saturated rings. The Kier molecular flexibility index (Phi) is 4.58. The number of benzene rings is 1. The minimum atomic E-state index is 0.0739. The molecule has 19 heavy (non-hydrogen) atoms. The summed E-state index contributed by atoms with van der Waals surface area (Å²) in [5, 5.41) is 19.4. The van der Waals surface area contributed by atoms with E-state index in [1.807, 2.05) is 6.07 Å². The molecule has 0 saturated heterocycles. The number of ether oxygens (including phenoxy) is 1. The van der Waals surface area contributed by atoms with Crippen molar-refractivity contribution in [1.82, 2.24) is 10.2 Å². The second-order valence-electron chi connectivity index (χ2n) is 3.51. The molecule has 0 aliphatic carbocycles. The Hall–Kier alpha value is -1.80. The van der Waals surface area contributed by atoms with Crippen molar-refractivity contribution in [3.05, 3.63) is 34.8 Å². The molecular weight excluding hydrogens is 284 g/mol. The molecule has 2 rings (SSSR count). The lowest BCUT2D eigenvalue weighted by Gasteiger charge is -2.09. The van der Waals surface area contributed by atoms with Crippen molar-refractivity contribution < 1.29 is 9.94 Å². The summed E-state index contributed by atoms with van der Waals surface area (Å²) in [5.74, 6) is 1.50. The van der Waals surface area contributed by atoms with Crippen LogP contribution in [0.15, 0.2) is 33.2 Å². The van der Waals surface area contributed by atoms with Crippen LogP contribution in [0, 0.1) is 0 Å². The maximum absolute atomic E-state index is 8.70. The van der Waals surface area contributed by atoms with Crippen LogP contribution in [-0.4, -0.2) is 28.4 Å². The van der Waals surface area contributed by atoms with Crippen LogP contribution in [0.1, 0.15) is 11.1 Å². The van der Waals surface area contributed by atoms with Gasteiger partial charge in [-0.3, -0.25) is 0 Å². The standard InChI is InChI=1S/C11H12N4O2S2/c1-17-9-3-2-7(10(12)15-16)4-8(9)5-18-11-14-13-6-19-11/h2-4,6,16H,5H2,1H3,(H2,12,15). The number of hydrogen-bond acceptors (Lipinski definition) is 7. The Balaban J connectivity index is 2.21. The van der Waals surface area contributed by atoms with Crippen LogP contribution in [0.5, 0.6) is 5.75 Å². The molecule has 8 heteroatoms. The molecule has 0 bridgehead atoms. The number of methoxy groups -OCH3 is 1. The number of nitrogens with two attached hydrogens (primary N) is 1. The molecule has 0 radical (unpaired) electrons. The van der Waals surface area contributed by atoms with Gasteiger partial charge in [-0.25, -0.2) is 0 Å². The molecule has 0 aliphatic heterocycles. The van der Waals surface area contributed by atoms with Gasteiger partial charge in [0, 0.05) is 16.9 Å². The van der Waals surface area contributed by atoms with E-state index in [1.165, 1.54) is 11.3 Å². The van der Waals surface area contributed by atoms with Gasteiger partial charge in [0.05, 0.1) is 7.11 Å². The number of hydrogen-bond donors (Lipinski definition) is 2. The molecule has 0 saturated carbocycles. The highest BCUT2D eigenvalue weighted by molar-refractivity contribution is 8.00. The largest absolute Gasteiger partial charge is 0.496 e. The van der Waals surface area contributed by atoms with Crippen molar-refractivity contribution in [2.75, 3.05) is 7.11 Å². The minimum Gasteiger partial charge on any atom is -0.496 e. The highest BCUT2D eigenvalue weighted by atomic mass is 32.2. The zero-order valence-electron chi connectivity index (χ0n) is 10.1. The molecular formula is C11H12N4O2S2. The summed E-state index contributed by atoms with van der Waals surface area (Å²) in [5.41, 5.74) is 8.86. The fourth-order valence-electron chi connectivity index (χ4n) is 1.47. The zero-order chi connectivity index (χ0) is 13.7. The summed E-state index contributed by atoms with van der Waals surface area (Å²) >= 11 is 3.04. The predicted molar refractivity (Wildman–Crippen MR) is 75.0 cm³/mol. The van der Waals surface area contributed by atoms with E-state index < -0.39 is 0 Å². The van der Waals surface area contributed by atoms with E-state index in [0.717, 1.165) is 15.7 Å². The van der Waals surface area contributed by atoms with Crippen LogP contribution in [0.4, 0.5) is 0 Å². The molecule has 3 N–H and O–H groups in total. The smallest absolute Gasteiger partial charge is 0.174 e. The van der Waals surface area contributed by atoms with Gasteiger partial charge in [0.25, 0.3) is 0 Å². The molecule has 0 aliphatic rings. The highest BCUT2D eigenvalue weighted by Crippen LogP contribution is 2.29. The summed E-state index contributed by atoms with van der Waals surface area (Å²) in [7, 11) is 1.61. The maximum Gasteiger partial charge on any atom is 0.174 e. The molecule has 0 atom stereocenters. The van der Waals surface area contributed by atoms with Gasteiger partial charge >= 0.3 is 0 Å². The summed E-state index contributed by atoms with van der Waals surface area (Å²) in [6.07, 6.45) is 0. The lowest BCUT2D eigenvalue weighted by Crippen LogP contribution is -2.13. The van der Waals surface area contributed by atoms with Gasteiger partial charge < -0.3 is 15.7 Å². The van der Waals surface area contributed by atoms with Gasteiger partial charge in [0.1, 0.15) is 11.3 Å². The number of aromatic nitrogens is 2. The topological polar surface area (TPSA) is 93.6 Å². The Morgan fingerprint density at radius 3 is 3.05 bits per heavy atom. The lowest BCUT2D eigenvalue weighted by molar-refractivity contribution is 0.318. The minimum absolute atomic E-state index is 0.0739. The monoisotopic (exact) mass is 296 g/mol. The molecule has 0 spiro atoms. The van der Waals surface area contributed by atoms with Crippen molar-refractivity contribution in [3.8, 4) is 5.75 Å². The summed E-state index contributed by atoms with van der Waals surface area (Å²) in [4.78, 5) is 0. The second-order valence-corrected chi connectivity index (χ2v) is 5.56. The SMILES string of the molecule is COc1ccc(/C(N)=N/O)cc1CSc1nncs1. The number of nitrogens with zero attached hydrogens (tertiary/aromatic N) is 3. The van der Waals surface area contributed by atoms with E-state index in [-0.39, 0.29) is 5.84 Å². The Morgan fingerprint density at radius 2 is 2.42 bits per heavy atom. The van der Waals surface area contributed by atoms with Gasteiger partial charge in [-0.2, -0.15) is 0 Å². The maximum atomic E-state index is 8.70. The summed E-state index contributed by atoms with van der Waals surface area (Å²) < 4.78 is 6.18. The molecule has 0 amide bonds. The van der Waals surface area contributed by atoms with Crippen LogP contribution in [-0.2, 0) is 5.75 Å². The van der Waals surface area contributed by atoms with Crippen LogP contribution >= 0.6 is 23.1 Å². The molecule has 1 aromatic carbocycles. The molecule has 2 aromatic rings. The van der Waals surface area contributed by atoms with Gasteiger partial charge in [0.15, 0.2) is 10.2 Å². The molecule has 6 nitrogen and oxygen atoms in total. The van der Waals surface area contributed by atoms with Crippen molar-refractivity contribution in [2.45, 2.75) is 10.1 Å². The van der Waals surface area contributed by atoms with Gasteiger partial charge in [-0.15, -0.1) is 10.2 Å². The van der Waals surface area contributed by atoms with Crippen molar-refractivity contribution in [1.29, 1.82) is 0 Å². The van der Waals surface area contributed by atoms with Gasteiger partial charge in [-0.1, -0.05) is 28.3 Å². The number of thioether (sulfide) groups is 1. The van der Waals surface area contributed by atoms with Crippen LogP contribution in [0.25, 0.3) is 0 Å². The third kappa shape index (κ3) is 3.36. The fourth-order valence-corrected chi connectivity index (χ4v) is 2.94. The summed E-state index contributed by atoms with van der Waals surface area (Å²) in [6.45, 7) is 0. The normalized spacial score (nSPS) is 11.5. The number of oxime groups is 1. The quantitative estimate of drug-likeness (QED) is 0.288. The molecule has 0 unspecified atom stereocenters. The van der Waals surface area contributed by atoms with Crippen molar-refractivity contribution in [2.24, 2.45) is 10.9 Å². The first-order chi connectivity index (χ1) is 9.24. The lowest BCUT2D eigenvalue weighted by atomic mass is 10.1. The van der Waals surface area contributed by atoms with Crippen molar-refractivity contribution in [3.63, 3.8) is 0 Å². The second kappa shape index (κ2) is 6.39. The van der Waals surface area contributed by atoms with E-state index in [1.54, 1.807) is 36.5 Å². The van der Waals surface area contributed by atoms with E-state index in [9.17, 15) is 0 Å². The highest BCUT2D eigenvalue weighted by Gasteiger charge is 2.09. The average molecular weight is 296 g/mol. The Morgan fingerprint density at radius 1 is 1.58 bits per heavy atom. The number of amidine groups is 1. The molecule has 1 heterocycles. The van der Waals surface area contributed by atoms with Gasteiger partial charge in [-0.05, 0) is 18.2 Å². The summed E-state index contributed by atoms with van der Waals surface area (Å²) in [6, 6.07) is 5.37. The fraction of sp³-hybridized carbons (Fsp3) is 0.182. The molecule has 1 aromatic heterocycles. The third-order valence-electron chi connectivity index (χ3n) is 2.38. The first-order valence-corrected chi connectivity index (χ1v) is 7.15. The Labute approximate surface area is 118 Å². The zero-order valence-corrected chi connectivity index (χ0v) is 11.7. The first kappa shape index (κ1) is 13.6. The Bertz CT molecular complexity index is 572. The van der Waals surface area contributed by atoms with E-state index in [4.69, 9.17) is 15.7 Å². The van der Waals surface area contributed by atoms with E-state index in [2.05, 4.69) is 15.4 Å². The van der Waals surface area contributed by atoms with Crippen LogP contribution in [0.3, 0.4) is 0 Å². The predicted octanol–water partition coefficient (Wildman–Crippen LogP) is 1.93. The van der Waals surface area contributed by atoms with Crippen LogP contribution in [0.2, 0.25) is 0 Å². The molecule has 100 valence electrons. The van der Waals surface area contributed by atoms with E-state index >= 15 is 0 Å². The van der Waals surface area contributed by atoms with Gasteiger partial charge in [0.2, 0.25) is 0 Å².